The Morgan fingerprint density at radius 1 is 0.611 bits per heavy atom. The average molecular weight is 238 g/mol. The molecule has 2 aliphatic carbocycles. The monoisotopic (exact) mass is 238 g/mol. The Kier molecular flexibility index (Phi) is 2.01. The second kappa shape index (κ2) is 3.43. The fourth-order valence-electron chi connectivity index (χ4n) is 2.10. The van der Waals surface area contributed by atoms with E-state index in [1.165, 1.54) is 12.1 Å². The molecular formula is C14H6O4. The fourth-order valence-corrected chi connectivity index (χ4v) is 2.10. The van der Waals surface area contributed by atoms with Gasteiger partial charge in [0.25, 0.3) is 0 Å². The molecule has 3 rings (SSSR count). The van der Waals surface area contributed by atoms with Crippen molar-refractivity contribution >= 4 is 10.8 Å². The van der Waals surface area contributed by atoms with E-state index in [0.717, 1.165) is 12.1 Å². The Balaban J connectivity index is 2.77. The van der Waals surface area contributed by atoms with Crippen molar-refractivity contribution in [1.82, 2.24) is 0 Å². The lowest BCUT2D eigenvalue weighted by Crippen LogP contribution is -2.28. The third-order valence-corrected chi connectivity index (χ3v) is 2.99. The summed E-state index contributed by atoms with van der Waals surface area (Å²) in [5, 5.41) is 0.543. The Labute approximate surface area is 99.8 Å². The molecule has 0 saturated carbocycles. The van der Waals surface area contributed by atoms with Crippen LogP contribution in [0.3, 0.4) is 0 Å². The highest BCUT2D eigenvalue weighted by Crippen LogP contribution is 2.14. The lowest BCUT2D eigenvalue weighted by molar-refractivity contribution is 1.43. The minimum absolute atomic E-state index is 0.0169. The van der Waals surface area contributed by atoms with Crippen LogP contribution in [0.25, 0.3) is 21.9 Å². The third-order valence-electron chi connectivity index (χ3n) is 2.99. The van der Waals surface area contributed by atoms with Crippen LogP contribution in [-0.2, 0) is 0 Å². The zero-order chi connectivity index (χ0) is 12.9. The smallest absolute Gasteiger partial charge is 0.226 e. The van der Waals surface area contributed by atoms with Gasteiger partial charge in [-0.3, -0.25) is 19.2 Å². The Morgan fingerprint density at radius 2 is 1.00 bits per heavy atom. The number of hydrogen-bond donors (Lipinski definition) is 0. The number of benzene rings is 3. The maximum Gasteiger partial charge on any atom is 0.226 e. The van der Waals surface area contributed by atoms with Crippen molar-refractivity contribution in [3.63, 3.8) is 0 Å². The average Bonchev–Trinajstić information content (AvgIpc) is 2.38. The molecule has 0 atom stereocenters. The summed E-state index contributed by atoms with van der Waals surface area (Å²) in [6.07, 6.45) is 0. The largest absolute Gasteiger partial charge is 0.289 e. The van der Waals surface area contributed by atoms with Gasteiger partial charge in [-0.2, -0.15) is 0 Å². The predicted octanol–water partition coefficient (Wildman–Crippen LogP) is 0.261. The van der Waals surface area contributed by atoms with Crippen LogP contribution in [-0.4, -0.2) is 0 Å². The standard InChI is InChI=1S/C14H6O4/c15-11-5-9-10(6-12(11)16)14(18)8-4-2-1-3-7(8)13(9)17/h1-6H. The van der Waals surface area contributed by atoms with Crippen LogP contribution in [0.2, 0.25) is 0 Å². The molecule has 0 spiro atoms. The van der Waals surface area contributed by atoms with Crippen LogP contribution < -0.4 is 21.7 Å². The molecule has 0 bridgehead atoms. The van der Waals surface area contributed by atoms with Crippen molar-refractivity contribution in [3.05, 3.63) is 77.3 Å². The van der Waals surface area contributed by atoms with E-state index in [0.29, 0.717) is 0 Å². The first-order valence-corrected chi connectivity index (χ1v) is 5.30. The van der Waals surface area contributed by atoms with Crippen LogP contribution >= 0.6 is 0 Å². The van der Waals surface area contributed by atoms with Crippen LogP contribution in [0, 0.1) is 0 Å². The molecule has 0 aromatic heterocycles. The molecule has 4 heteroatoms. The van der Waals surface area contributed by atoms with Crippen molar-refractivity contribution < 1.29 is 0 Å². The van der Waals surface area contributed by atoms with Gasteiger partial charge >= 0.3 is 0 Å². The van der Waals surface area contributed by atoms with Crippen molar-refractivity contribution in [1.29, 1.82) is 0 Å². The van der Waals surface area contributed by atoms with Crippen LogP contribution in [0.5, 0.6) is 0 Å². The van der Waals surface area contributed by atoms with Gasteiger partial charge in [0.1, 0.15) is 0 Å². The molecule has 2 aliphatic rings. The summed E-state index contributed by atoms with van der Waals surface area (Å²) in [6.45, 7) is 0. The summed E-state index contributed by atoms with van der Waals surface area (Å²) in [4.78, 5) is 46.8. The van der Waals surface area contributed by atoms with Crippen LogP contribution in [0.4, 0.5) is 0 Å². The van der Waals surface area contributed by atoms with E-state index in [1.54, 1.807) is 12.1 Å². The van der Waals surface area contributed by atoms with E-state index in [4.69, 9.17) is 0 Å². The fraction of sp³-hybridized carbons (Fsp3) is 0. The third kappa shape index (κ3) is 1.26. The topological polar surface area (TPSA) is 68.3 Å². The van der Waals surface area contributed by atoms with Gasteiger partial charge in [0.05, 0.1) is 0 Å². The highest BCUT2D eigenvalue weighted by atomic mass is 16.2. The van der Waals surface area contributed by atoms with E-state index < -0.39 is 21.7 Å². The summed E-state index contributed by atoms with van der Waals surface area (Å²) < 4.78 is 0. The van der Waals surface area contributed by atoms with Gasteiger partial charge in [-0.25, -0.2) is 0 Å². The molecule has 0 radical (unpaired) electrons. The van der Waals surface area contributed by atoms with E-state index >= 15 is 0 Å². The van der Waals surface area contributed by atoms with Crippen LogP contribution in [0.1, 0.15) is 0 Å². The summed E-state index contributed by atoms with van der Waals surface area (Å²) in [5.74, 6) is 0. The first-order chi connectivity index (χ1) is 8.59. The predicted molar refractivity (Wildman–Crippen MR) is 68.0 cm³/mol. The molecule has 4 nitrogen and oxygen atoms in total. The van der Waals surface area contributed by atoms with Crippen LogP contribution in [0.15, 0.2) is 55.6 Å². The molecular weight excluding hydrogens is 232 g/mol. The molecule has 18 heavy (non-hydrogen) atoms. The molecule has 1 aromatic rings. The molecule has 0 aliphatic heterocycles. The van der Waals surface area contributed by atoms with E-state index in [1.807, 2.05) is 0 Å². The Hall–Kier alpha value is -2.62. The van der Waals surface area contributed by atoms with Gasteiger partial charge in [0, 0.05) is 34.0 Å². The lowest BCUT2D eigenvalue weighted by Gasteiger charge is -2.03. The molecule has 86 valence electrons. The highest BCUT2D eigenvalue weighted by molar-refractivity contribution is 5.90. The minimum Gasteiger partial charge on any atom is -0.289 e. The Bertz CT molecular complexity index is 867. The SMILES string of the molecule is O=c1cc2c(=O)c3ccccc3c(=O)c-2cc1=O. The van der Waals surface area contributed by atoms with Gasteiger partial charge in [-0.05, 0) is 0 Å². The second-order valence-corrected chi connectivity index (χ2v) is 4.05. The molecule has 0 fully saturated rings. The quantitative estimate of drug-likeness (QED) is 0.416. The van der Waals surface area contributed by atoms with Crippen molar-refractivity contribution in [2.24, 2.45) is 0 Å². The summed E-state index contributed by atoms with van der Waals surface area (Å²) in [7, 11) is 0. The highest BCUT2D eigenvalue weighted by Gasteiger charge is 2.17. The van der Waals surface area contributed by atoms with E-state index in [9.17, 15) is 19.2 Å². The zero-order valence-corrected chi connectivity index (χ0v) is 9.10. The first kappa shape index (κ1) is 10.5. The van der Waals surface area contributed by atoms with Gasteiger partial charge < -0.3 is 0 Å². The molecule has 1 aromatic carbocycles. The molecule has 0 unspecified atom stereocenters. The molecule has 0 saturated heterocycles. The Morgan fingerprint density at radius 3 is 1.39 bits per heavy atom. The van der Waals surface area contributed by atoms with Crippen molar-refractivity contribution in [3.8, 4) is 11.1 Å². The maximum absolute atomic E-state index is 12.1. The number of hydrogen-bond acceptors (Lipinski definition) is 4. The van der Waals surface area contributed by atoms with Gasteiger partial charge in [0.15, 0.2) is 10.9 Å². The van der Waals surface area contributed by atoms with Crippen molar-refractivity contribution in [2.75, 3.05) is 0 Å². The molecule has 0 heterocycles. The minimum atomic E-state index is -0.769. The van der Waals surface area contributed by atoms with E-state index in [-0.39, 0.29) is 21.9 Å². The number of fused-ring (bicyclic) bond motifs is 2. The molecule has 0 N–H and O–H groups in total. The van der Waals surface area contributed by atoms with Crippen molar-refractivity contribution in [2.45, 2.75) is 0 Å². The molecule has 0 amide bonds. The van der Waals surface area contributed by atoms with Gasteiger partial charge in [0.2, 0.25) is 10.9 Å². The normalized spacial score (nSPS) is 11.1. The van der Waals surface area contributed by atoms with Gasteiger partial charge in [-0.15, -0.1) is 0 Å². The van der Waals surface area contributed by atoms with E-state index in [2.05, 4.69) is 0 Å². The zero-order valence-electron chi connectivity index (χ0n) is 9.10. The number of rotatable bonds is 0. The summed E-state index contributed by atoms with van der Waals surface area (Å²) >= 11 is 0. The summed E-state index contributed by atoms with van der Waals surface area (Å²) in [5.41, 5.74) is -2.29. The maximum atomic E-state index is 12.1. The van der Waals surface area contributed by atoms with Gasteiger partial charge in [-0.1, -0.05) is 24.3 Å². The first-order valence-electron chi connectivity index (χ1n) is 5.30. The summed E-state index contributed by atoms with van der Waals surface area (Å²) in [6, 6.07) is 8.27. The lowest BCUT2D eigenvalue weighted by atomic mass is 9.96. The second-order valence-electron chi connectivity index (χ2n) is 4.05.